The molecular weight excluding hydrogens is 224 g/mol. The number of nitrogens with one attached hydrogen (secondary N) is 2. The zero-order valence-electron chi connectivity index (χ0n) is 9.87. The van der Waals surface area contributed by atoms with E-state index in [-0.39, 0.29) is 0 Å². The minimum Gasteiger partial charge on any atom is -0.453 e. The predicted octanol–water partition coefficient (Wildman–Crippen LogP) is 2.35. The van der Waals surface area contributed by atoms with Crippen LogP contribution in [0.2, 0.25) is 0 Å². The molecule has 0 fully saturated rings. The van der Waals surface area contributed by atoms with Gasteiger partial charge < -0.3 is 9.47 Å². The molecule has 0 radical (unpaired) electrons. The number of anilines is 2. The number of ether oxygens (including phenoxy) is 2. The van der Waals surface area contributed by atoms with Crippen LogP contribution in [0.25, 0.3) is 0 Å². The molecule has 0 unspecified atom stereocenters. The fraction of sp³-hybridized carbons (Fsp3) is 0.273. The van der Waals surface area contributed by atoms with Crippen LogP contribution in [0.3, 0.4) is 0 Å². The van der Waals surface area contributed by atoms with E-state index >= 15 is 0 Å². The van der Waals surface area contributed by atoms with Gasteiger partial charge in [-0.05, 0) is 30.7 Å². The van der Waals surface area contributed by atoms with Crippen molar-refractivity contribution < 1.29 is 19.1 Å². The summed E-state index contributed by atoms with van der Waals surface area (Å²) in [5, 5.41) is 5.07. The number of hydrogen-bond acceptors (Lipinski definition) is 4. The molecule has 0 aromatic heterocycles. The lowest BCUT2D eigenvalue weighted by molar-refractivity contribution is 0.186. The van der Waals surface area contributed by atoms with Crippen molar-refractivity contribution in [3.05, 3.63) is 23.8 Å². The van der Waals surface area contributed by atoms with E-state index in [1.807, 2.05) is 0 Å². The van der Waals surface area contributed by atoms with E-state index in [9.17, 15) is 9.59 Å². The van der Waals surface area contributed by atoms with Gasteiger partial charge in [-0.15, -0.1) is 0 Å². The fourth-order valence-corrected chi connectivity index (χ4v) is 1.21. The average Bonchev–Trinajstić information content (AvgIpc) is 2.32. The minimum absolute atomic E-state index is 0.540. The summed E-state index contributed by atoms with van der Waals surface area (Å²) >= 11 is 0. The van der Waals surface area contributed by atoms with Crippen molar-refractivity contribution in [1.82, 2.24) is 0 Å². The van der Waals surface area contributed by atoms with Crippen molar-refractivity contribution in [3.8, 4) is 0 Å². The van der Waals surface area contributed by atoms with Crippen LogP contribution in [-0.2, 0) is 9.47 Å². The van der Waals surface area contributed by atoms with Crippen molar-refractivity contribution >= 4 is 23.6 Å². The summed E-state index contributed by atoms with van der Waals surface area (Å²) in [7, 11) is 2.58. The second-order valence-electron chi connectivity index (χ2n) is 3.26. The highest BCUT2D eigenvalue weighted by molar-refractivity contribution is 5.88. The summed E-state index contributed by atoms with van der Waals surface area (Å²) in [6.45, 7) is 1.80. The molecule has 6 heteroatoms. The van der Waals surface area contributed by atoms with Gasteiger partial charge in [0, 0.05) is 11.4 Å². The molecule has 0 aliphatic heterocycles. The minimum atomic E-state index is -0.543. The van der Waals surface area contributed by atoms with Gasteiger partial charge in [-0.1, -0.05) is 0 Å². The van der Waals surface area contributed by atoms with E-state index in [0.29, 0.717) is 11.4 Å². The normalized spacial score (nSPS) is 9.35. The van der Waals surface area contributed by atoms with E-state index in [1.54, 1.807) is 25.1 Å². The van der Waals surface area contributed by atoms with Gasteiger partial charge >= 0.3 is 12.2 Å². The van der Waals surface area contributed by atoms with Crippen molar-refractivity contribution in [1.29, 1.82) is 0 Å². The number of hydrogen-bond donors (Lipinski definition) is 2. The van der Waals surface area contributed by atoms with Gasteiger partial charge in [-0.3, -0.25) is 10.6 Å². The van der Waals surface area contributed by atoms with E-state index in [4.69, 9.17) is 0 Å². The highest BCUT2D eigenvalue weighted by atomic mass is 16.5. The van der Waals surface area contributed by atoms with E-state index in [2.05, 4.69) is 20.1 Å². The van der Waals surface area contributed by atoms with Crippen LogP contribution in [0.5, 0.6) is 0 Å². The third-order valence-electron chi connectivity index (χ3n) is 2.08. The van der Waals surface area contributed by atoms with Crippen LogP contribution >= 0.6 is 0 Å². The third-order valence-corrected chi connectivity index (χ3v) is 2.08. The van der Waals surface area contributed by atoms with Crippen LogP contribution in [0, 0.1) is 6.92 Å². The Bertz CT molecular complexity index is 431. The molecule has 92 valence electrons. The summed E-state index contributed by atoms with van der Waals surface area (Å²) in [5.41, 5.74) is 2.00. The van der Waals surface area contributed by atoms with Crippen molar-refractivity contribution in [2.75, 3.05) is 24.9 Å². The van der Waals surface area contributed by atoms with E-state index < -0.39 is 12.2 Å². The zero-order valence-corrected chi connectivity index (χ0v) is 9.87. The van der Waals surface area contributed by atoms with Gasteiger partial charge in [0.1, 0.15) is 0 Å². The van der Waals surface area contributed by atoms with Crippen LogP contribution in [0.15, 0.2) is 18.2 Å². The standard InChI is InChI=1S/C11H14N2O4/c1-7-6-8(12-10(14)16-2)4-5-9(7)13-11(15)17-3/h4-6H,1-3H3,(H,12,14)(H,13,15). The van der Waals surface area contributed by atoms with Gasteiger partial charge in [-0.25, -0.2) is 9.59 Å². The lowest BCUT2D eigenvalue weighted by Crippen LogP contribution is -2.13. The predicted molar refractivity (Wildman–Crippen MR) is 63.2 cm³/mol. The molecule has 0 spiro atoms. The Labute approximate surface area is 98.9 Å². The Morgan fingerprint density at radius 2 is 1.65 bits per heavy atom. The molecule has 0 atom stereocenters. The van der Waals surface area contributed by atoms with Gasteiger partial charge in [-0.2, -0.15) is 0 Å². The summed E-state index contributed by atoms with van der Waals surface area (Å²) in [4.78, 5) is 22.0. The lowest BCUT2D eigenvalue weighted by atomic mass is 10.2. The molecule has 6 nitrogen and oxygen atoms in total. The molecular formula is C11H14N2O4. The summed E-state index contributed by atoms with van der Waals surface area (Å²) in [6.07, 6.45) is -1.08. The smallest absolute Gasteiger partial charge is 0.411 e. The monoisotopic (exact) mass is 238 g/mol. The Morgan fingerprint density at radius 1 is 1.06 bits per heavy atom. The van der Waals surface area contributed by atoms with Crippen LogP contribution < -0.4 is 10.6 Å². The maximum absolute atomic E-state index is 11.0. The van der Waals surface area contributed by atoms with Crippen LogP contribution in [0.1, 0.15) is 5.56 Å². The summed E-state index contributed by atoms with van der Waals surface area (Å²) in [6, 6.07) is 5.02. The Morgan fingerprint density at radius 3 is 2.18 bits per heavy atom. The summed E-state index contributed by atoms with van der Waals surface area (Å²) in [5.74, 6) is 0. The van der Waals surface area contributed by atoms with Crippen molar-refractivity contribution in [2.45, 2.75) is 6.92 Å². The Balaban J connectivity index is 2.79. The summed E-state index contributed by atoms with van der Waals surface area (Å²) < 4.78 is 8.95. The van der Waals surface area contributed by atoms with Crippen LogP contribution in [0.4, 0.5) is 21.0 Å². The topological polar surface area (TPSA) is 76.7 Å². The first kappa shape index (κ1) is 12.8. The zero-order chi connectivity index (χ0) is 12.8. The number of carbonyl (C=O) groups excluding carboxylic acids is 2. The molecule has 0 aliphatic rings. The second-order valence-corrected chi connectivity index (χ2v) is 3.26. The first-order chi connectivity index (χ1) is 8.06. The van der Waals surface area contributed by atoms with Crippen molar-refractivity contribution in [3.63, 3.8) is 0 Å². The highest BCUT2D eigenvalue weighted by Gasteiger charge is 2.06. The molecule has 1 rings (SSSR count). The molecule has 17 heavy (non-hydrogen) atoms. The SMILES string of the molecule is COC(=O)Nc1ccc(NC(=O)OC)c(C)c1. The van der Waals surface area contributed by atoms with Crippen LogP contribution in [-0.4, -0.2) is 26.4 Å². The number of benzene rings is 1. The maximum atomic E-state index is 11.0. The molecule has 1 aromatic carbocycles. The molecule has 0 saturated heterocycles. The van der Waals surface area contributed by atoms with Gasteiger partial charge in [0.25, 0.3) is 0 Å². The molecule has 2 N–H and O–H groups in total. The average molecular weight is 238 g/mol. The first-order valence-corrected chi connectivity index (χ1v) is 4.87. The quantitative estimate of drug-likeness (QED) is 0.829. The third kappa shape index (κ3) is 3.67. The fourth-order valence-electron chi connectivity index (χ4n) is 1.21. The molecule has 0 bridgehead atoms. The first-order valence-electron chi connectivity index (χ1n) is 4.87. The van der Waals surface area contributed by atoms with Gasteiger partial charge in [0.05, 0.1) is 14.2 Å². The number of rotatable bonds is 2. The molecule has 0 saturated carbocycles. The van der Waals surface area contributed by atoms with Gasteiger partial charge in [0.15, 0.2) is 0 Å². The molecule has 0 aliphatic carbocycles. The largest absolute Gasteiger partial charge is 0.453 e. The molecule has 0 heterocycles. The number of methoxy groups -OCH3 is 2. The molecule has 1 aromatic rings. The Kier molecular flexibility index (Phi) is 4.33. The number of aryl methyl sites for hydroxylation is 1. The maximum Gasteiger partial charge on any atom is 0.411 e. The number of carbonyl (C=O) groups is 2. The highest BCUT2D eigenvalue weighted by Crippen LogP contribution is 2.19. The second kappa shape index (κ2) is 5.74. The van der Waals surface area contributed by atoms with E-state index in [0.717, 1.165) is 5.56 Å². The van der Waals surface area contributed by atoms with Gasteiger partial charge in [0.2, 0.25) is 0 Å². The number of amides is 2. The Hall–Kier alpha value is -2.24. The van der Waals surface area contributed by atoms with E-state index in [1.165, 1.54) is 14.2 Å². The molecule has 2 amide bonds. The lowest BCUT2D eigenvalue weighted by Gasteiger charge is -2.09. The van der Waals surface area contributed by atoms with Crippen molar-refractivity contribution in [2.24, 2.45) is 0 Å².